The molecule has 3 nitrogen and oxygen atoms in total. The van der Waals surface area contributed by atoms with Gasteiger partial charge in [-0.15, -0.1) is 0 Å². The van der Waals surface area contributed by atoms with E-state index in [1.54, 1.807) is 18.5 Å². The summed E-state index contributed by atoms with van der Waals surface area (Å²) in [5.41, 5.74) is 7.43. The second-order valence-corrected chi connectivity index (χ2v) is 4.17. The number of hydrogen-bond donors (Lipinski definition) is 1. The van der Waals surface area contributed by atoms with E-state index < -0.39 is 6.04 Å². The summed E-state index contributed by atoms with van der Waals surface area (Å²) >= 11 is 3.34. The summed E-state index contributed by atoms with van der Waals surface area (Å²) in [6.07, 6.45) is 4.67. The second kappa shape index (κ2) is 4.67. The number of nitrogens with two attached hydrogens (primary N) is 1. The number of nitrogens with zero attached hydrogens (tertiary/aromatic N) is 2. The normalized spacial score (nSPS) is 12.4. The van der Waals surface area contributed by atoms with E-state index in [0.29, 0.717) is 5.56 Å². The fourth-order valence-corrected chi connectivity index (χ4v) is 1.90. The van der Waals surface area contributed by atoms with Gasteiger partial charge in [0, 0.05) is 22.4 Å². The van der Waals surface area contributed by atoms with Gasteiger partial charge in [-0.25, -0.2) is 14.4 Å². The lowest BCUT2D eigenvalue weighted by Gasteiger charge is -2.13. The Morgan fingerprint density at radius 2 is 1.94 bits per heavy atom. The Kier molecular flexibility index (Phi) is 3.26. The Bertz CT molecular complexity index is 490. The van der Waals surface area contributed by atoms with Gasteiger partial charge >= 0.3 is 0 Å². The SMILES string of the molecule is NC(c1cncnc1)c1cc(F)ccc1Br. The van der Waals surface area contributed by atoms with E-state index in [0.717, 1.165) is 10.0 Å². The largest absolute Gasteiger partial charge is 0.320 e. The van der Waals surface area contributed by atoms with Crippen LogP contribution < -0.4 is 5.73 Å². The van der Waals surface area contributed by atoms with E-state index >= 15 is 0 Å². The lowest BCUT2D eigenvalue weighted by atomic mass is 10.0. The number of benzene rings is 1. The molecule has 1 unspecified atom stereocenters. The van der Waals surface area contributed by atoms with Gasteiger partial charge in [0.25, 0.3) is 0 Å². The standard InChI is InChI=1S/C11H9BrFN3/c12-10-2-1-8(13)3-9(10)11(14)7-4-15-6-16-5-7/h1-6,11H,14H2. The van der Waals surface area contributed by atoms with Crippen molar-refractivity contribution in [2.45, 2.75) is 6.04 Å². The molecule has 0 saturated heterocycles. The predicted molar refractivity (Wildman–Crippen MR) is 62.2 cm³/mol. The van der Waals surface area contributed by atoms with Crippen LogP contribution in [0.1, 0.15) is 17.2 Å². The van der Waals surface area contributed by atoms with Crippen molar-refractivity contribution in [2.24, 2.45) is 5.73 Å². The van der Waals surface area contributed by atoms with Crippen LogP contribution in [0.3, 0.4) is 0 Å². The molecule has 2 N–H and O–H groups in total. The summed E-state index contributed by atoms with van der Waals surface area (Å²) in [6, 6.07) is 3.98. The fraction of sp³-hybridized carbons (Fsp3) is 0.0909. The molecule has 0 aliphatic heterocycles. The van der Waals surface area contributed by atoms with Crippen molar-refractivity contribution in [3.8, 4) is 0 Å². The van der Waals surface area contributed by atoms with Gasteiger partial charge in [-0.3, -0.25) is 0 Å². The average molecular weight is 282 g/mol. The molecule has 0 radical (unpaired) electrons. The van der Waals surface area contributed by atoms with E-state index in [-0.39, 0.29) is 5.82 Å². The minimum absolute atomic E-state index is 0.314. The molecule has 1 atom stereocenters. The van der Waals surface area contributed by atoms with Crippen molar-refractivity contribution < 1.29 is 4.39 Å². The van der Waals surface area contributed by atoms with E-state index in [2.05, 4.69) is 25.9 Å². The minimum Gasteiger partial charge on any atom is -0.320 e. The molecular weight excluding hydrogens is 273 g/mol. The molecule has 0 bridgehead atoms. The van der Waals surface area contributed by atoms with Crippen LogP contribution in [0, 0.1) is 5.82 Å². The maximum atomic E-state index is 13.1. The summed E-state index contributed by atoms with van der Waals surface area (Å²) in [7, 11) is 0. The third-order valence-corrected chi connectivity index (χ3v) is 2.95. The van der Waals surface area contributed by atoms with Crippen LogP contribution in [-0.2, 0) is 0 Å². The van der Waals surface area contributed by atoms with Gasteiger partial charge in [0.1, 0.15) is 12.1 Å². The Morgan fingerprint density at radius 1 is 1.25 bits per heavy atom. The van der Waals surface area contributed by atoms with Crippen LogP contribution in [0.15, 0.2) is 41.4 Å². The highest BCUT2D eigenvalue weighted by atomic mass is 79.9. The second-order valence-electron chi connectivity index (χ2n) is 3.32. The van der Waals surface area contributed by atoms with E-state index in [1.807, 2.05) is 0 Å². The van der Waals surface area contributed by atoms with Gasteiger partial charge < -0.3 is 5.73 Å². The first-order valence-corrected chi connectivity index (χ1v) is 5.43. The lowest BCUT2D eigenvalue weighted by Crippen LogP contribution is -2.13. The van der Waals surface area contributed by atoms with Crippen LogP contribution in [0.5, 0.6) is 0 Å². The first-order chi connectivity index (χ1) is 7.68. The average Bonchev–Trinajstić information content (AvgIpc) is 2.32. The highest BCUT2D eigenvalue weighted by Crippen LogP contribution is 2.26. The molecule has 0 amide bonds. The lowest BCUT2D eigenvalue weighted by molar-refractivity contribution is 0.623. The maximum absolute atomic E-state index is 13.1. The number of aromatic nitrogens is 2. The number of hydrogen-bond acceptors (Lipinski definition) is 3. The van der Waals surface area contributed by atoms with Crippen molar-refractivity contribution in [3.05, 3.63) is 58.3 Å². The third kappa shape index (κ3) is 2.25. The predicted octanol–water partition coefficient (Wildman–Crippen LogP) is 2.43. The molecule has 82 valence electrons. The minimum atomic E-state index is -0.439. The zero-order chi connectivity index (χ0) is 11.5. The third-order valence-electron chi connectivity index (χ3n) is 2.23. The molecule has 1 aromatic heterocycles. The van der Waals surface area contributed by atoms with Crippen LogP contribution in [-0.4, -0.2) is 9.97 Å². The fourth-order valence-electron chi connectivity index (χ4n) is 1.40. The highest BCUT2D eigenvalue weighted by molar-refractivity contribution is 9.10. The molecule has 0 saturated carbocycles. The molecule has 2 rings (SSSR count). The van der Waals surface area contributed by atoms with Gasteiger partial charge in [-0.2, -0.15) is 0 Å². The Labute approximate surface area is 101 Å². The summed E-state index contributed by atoms with van der Waals surface area (Å²) in [5, 5.41) is 0. The number of rotatable bonds is 2. The smallest absolute Gasteiger partial charge is 0.123 e. The van der Waals surface area contributed by atoms with Gasteiger partial charge in [-0.1, -0.05) is 15.9 Å². The molecule has 0 fully saturated rings. The van der Waals surface area contributed by atoms with Crippen molar-refractivity contribution in [2.75, 3.05) is 0 Å². The molecule has 2 aromatic rings. The Balaban J connectivity index is 2.41. The summed E-state index contributed by atoms with van der Waals surface area (Å²) < 4.78 is 13.9. The Morgan fingerprint density at radius 3 is 2.62 bits per heavy atom. The van der Waals surface area contributed by atoms with Crippen LogP contribution in [0.4, 0.5) is 4.39 Å². The molecular formula is C11H9BrFN3. The molecule has 0 aliphatic rings. The molecule has 0 spiro atoms. The topological polar surface area (TPSA) is 51.8 Å². The molecule has 1 heterocycles. The van der Waals surface area contributed by atoms with Gasteiger partial charge in [0.2, 0.25) is 0 Å². The van der Waals surface area contributed by atoms with E-state index in [4.69, 9.17) is 5.73 Å². The van der Waals surface area contributed by atoms with E-state index in [1.165, 1.54) is 18.5 Å². The molecule has 0 aliphatic carbocycles. The van der Waals surface area contributed by atoms with E-state index in [9.17, 15) is 4.39 Å². The van der Waals surface area contributed by atoms with Crippen molar-refractivity contribution in [1.82, 2.24) is 9.97 Å². The number of halogens is 2. The summed E-state index contributed by atoms with van der Waals surface area (Å²) in [4.78, 5) is 7.77. The first kappa shape index (κ1) is 11.2. The molecule has 5 heteroatoms. The highest BCUT2D eigenvalue weighted by Gasteiger charge is 2.13. The van der Waals surface area contributed by atoms with Gasteiger partial charge in [0.15, 0.2) is 0 Å². The van der Waals surface area contributed by atoms with Crippen molar-refractivity contribution in [3.63, 3.8) is 0 Å². The summed E-state index contributed by atoms with van der Waals surface area (Å²) in [6.45, 7) is 0. The van der Waals surface area contributed by atoms with Crippen LogP contribution >= 0.6 is 15.9 Å². The monoisotopic (exact) mass is 281 g/mol. The van der Waals surface area contributed by atoms with Gasteiger partial charge in [-0.05, 0) is 23.8 Å². The molecule has 1 aromatic carbocycles. The van der Waals surface area contributed by atoms with Crippen molar-refractivity contribution >= 4 is 15.9 Å². The van der Waals surface area contributed by atoms with Crippen LogP contribution in [0.2, 0.25) is 0 Å². The zero-order valence-corrected chi connectivity index (χ0v) is 9.86. The summed E-state index contributed by atoms with van der Waals surface area (Å²) in [5.74, 6) is -0.314. The molecule has 16 heavy (non-hydrogen) atoms. The van der Waals surface area contributed by atoms with Gasteiger partial charge in [0.05, 0.1) is 6.04 Å². The maximum Gasteiger partial charge on any atom is 0.123 e. The zero-order valence-electron chi connectivity index (χ0n) is 8.27. The van der Waals surface area contributed by atoms with Crippen LogP contribution in [0.25, 0.3) is 0 Å². The first-order valence-electron chi connectivity index (χ1n) is 4.64. The van der Waals surface area contributed by atoms with Crippen molar-refractivity contribution in [1.29, 1.82) is 0 Å². The Hall–Kier alpha value is -1.33. The quantitative estimate of drug-likeness (QED) is 0.920.